The minimum Gasteiger partial charge on any atom is -0.393 e. The number of hydrogen-bond acceptors (Lipinski definition) is 5. The van der Waals surface area contributed by atoms with E-state index in [1.165, 1.54) is 0 Å². The maximum Gasteiger partial charge on any atom is 0.0589 e. The second kappa shape index (κ2) is 7.97. The molecule has 16 heavy (non-hydrogen) atoms. The normalized spacial score (nSPS) is 21.2. The Balaban J connectivity index is 3.75. The lowest BCUT2D eigenvalue weighted by Crippen LogP contribution is -2.26. The van der Waals surface area contributed by atoms with Gasteiger partial charge in [0, 0.05) is 0 Å². The van der Waals surface area contributed by atoms with Gasteiger partial charge in [-0.3, -0.25) is 0 Å². The van der Waals surface area contributed by atoms with Gasteiger partial charge in [0.1, 0.15) is 0 Å². The molecule has 0 bridgehead atoms. The van der Waals surface area contributed by atoms with Gasteiger partial charge in [-0.1, -0.05) is 0 Å². The molecule has 5 N–H and O–H groups in total. The van der Waals surface area contributed by atoms with Crippen LogP contribution in [0.4, 0.5) is 0 Å². The molecule has 0 aromatic carbocycles. The third kappa shape index (κ3) is 9.06. The van der Waals surface area contributed by atoms with Crippen molar-refractivity contribution in [2.45, 2.75) is 70.1 Å². The van der Waals surface area contributed by atoms with Crippen LogP contribution in [0, 0.1) is 0 Å². The van der Waals surface area contributed by atoms with E-state index in [-0.39, 0.29) is 25.7 Å². The van der Waals surface area contributed by atoms with Crippen molar-refractivity contribution in [2.75, 3.05) is 0 Å². The van der Waals surface area contributed by atoms with Gasteiger partial charge < -0.3 is 25.5 Å². The van der Waals surface area contributed by atoms with Crippen molar-refractivity contribution in [3.8, 4) is 0 Å². The van der Waals surface area contributed by atoms with Crippen molar-refractivity contribution < 1.29 is 25.5 Å². The molecule has 0 aliphatic rings. The molecule has 5 heteroatoms. The second-order valence-electron chi connectivity index (χ2n) is 4.60. The predicted octanol–water partition coefficient (Wildman–Crippen LogP) is -0.609. The summed E-state index contributed by atoms with van der Waals surface area (Å²) in [5.74, 6) is 0. The molecule has 4 atom stereocenters. The Kier molecular flexibility index (Phi) is 7.87. The Bertz CT molecular complexity index is 154. The molecule has 0 aliphatic heterocycles. The maximum absolute atomic E-state index is 9.53. The lowest BCUT2D eigenvalue weighted by Gasteiger charge is -2.20. The molecule has 0 radical (unpaired) electrons. The first-order valence-electron chi connectivity index (χ1n) is 5.71. The first kappa shape index (κ1) is 15.8. The van der Waals surface area contributed by atoms with E-state index < -0.39 is 30.5 Å². The van der Waals surface area contributed by atoms with E-state index >= 15 is 0 Å². The molecular formula is C11H24O5. The third-order valence-corrected chi connectivity index (χ3v) is 2.31. The molecule has 0 aromatic rings. The lowest BCUT2D eigenvalue weighted by atomic mass is 10.00. The average Bonchev–Trinajstić information content (AvgIpc) is 1.97. The molecule has 0 spiro atoms. The molecule has 0 rings (SSSR count). The summed E-state index contributed by atoms with van der Waals surface area (Å²) in [6.07, 6.45) is -2.89. The zero-order valence-corrected chi connectivity index (χ0v) is 9.95. The van der Waals surface area contributed by atoms with Crippen molar-refractivity contribution in [2.24, 2.45) is 0 Å². The highest BCUT2D eigenvalue weighted by molar-refractivity contribution is 4.70. The van der Waals surface area contributed by atoms with E-state index in [1.54, 1.807) is 13.8 Å². The van der Waals surface area contributed by atoms with E-state index in [4.69, 9.17) is 10.2 Å². The van der Waals surface area contributed by atoms with Crippen molar-refractivity contribution in [1.82, 2.24) is 0 Å². The number of rotatable bonds is 8. The van der Waals surface area contributed by atoms with Gasteiger partial charge in [0.2, 0.25) is 0 Å². The highest BCUT2D eigenvalue weighted by Gasteiger charge is 2.18. The lowest BCUT2D eigenvalue weighted by molar-refractivity contribution is 0.0108. The molecule has 0 saturated carbocycles. The summed E-state index contributed by atoms with van der Waals surface area (Å²) in [5, 5.41) is 46.4. The molecule has 98 valence electrons. The minimum absolute atomic E-state index is 0.127. The minimum atomic E-state index is -0.817. The fourth-order valence-corrected chi connectivity index (χ4v) is 1.70. The van der Waals surface area contributed by atoms with Crippen LogP contribution in [-0.4, -0.2) is 56.1 Å². The molecule has 0 saturated heterocycles. The maximum atomic E-state index is 9.53. The van der Waals surface area contributed by atoms with Crippen LogP contribution in [0.1, 0.15) is 39.5 Å². The summed E-state index contributed by atoms with van der Waals surface area (Å²) >= 11 is 0. The summed E-state index contributed by atoms with van der Waals surface area (Å²) in [6, 6.07) is 0. The summed E-state index contributed by atoms with van der Waals surface area (Å²) in [7, 11) is 0. The van der Waals surface area contributed by atoms with Crippen molar-refractivity contribution >= 4 is 0 Å². The van der Waals surface area contributed by atoms with Gasteiger partial charge in [-0.15, -0.1) is 0 Å². The standard InChI is InChI=1S/C11H24O5/c1-7(12)3-9(14)5-11(16)6-10(15)4-8(2)13/h7-16H,3-6H2,1-2H3. The average molecular weight is 236 g/mol. The Hall–Kier alpha value is -0.200. The van der Waals surface area contributed by atoms with Crippen LogP contribution in [0.15, 0.2) is 0 Å². The first-order valence-corrected chi connectivity index (χ1v) is 5.71. The number of aliphatic hydroxyl groups is 5. The van der Waals surface area contributed by atoms with Gasteiger partial charge in [-0.05, 0) is 39.5 Å². The van der Waals surface area contributed by atoms with Crippen LogP contribution < -0.4 is 0 Å². The fourth-order valence-electron chi connectivity index (χ4n) is 1.70. The molecule has 0 aromatic heterocycles. The summed E-state index contributed by atoms with van der Waals surface area (Å²) in [5.41, 5.74) is 0. The van der Waals surface area contributed by atoms with Gasteiger partial charge in [-0.2, -0.15) is 0 Å². The van der Waals surface area contributed by atoms with E-state index in [2.05, 4.69) is 0 Å². The van der Waals surface area contributed by atoms with Gasteiger partial charge in [-0.25, -0.2) is 0 Å². The van der Waals surface area contributed by atoms with Gasteiger partial charge >= 0.3 is 0 Å². The molecular weight excluding hydrogens is 212 g/mol. The number of aliphatic hydroxyl groups excluding tert-OH is 5. The largest absolute Gasteiger partial charge is 0.393 e. The predicted molar refractivity (Wildman–Crippen MR) is 59.9 cm³/mol. The topological polar surface area (TPSA) is 101 Å². The SMILES string of the molecule is CC(O)CC(O)CC(O)CC(O)CC(C)O. The first-order chi connectivity index (χ1) is 7.31. The summed E-state index contributed by atoms with van der Waals surface area (Å²) in [6.45, 7) is 3.13. The molecule has 0 heterocycles. The molecule has 0 amide bonds. The third-order valence-electron chi connectivity index (χ3n) is 2.31. The van der Waals surface area contributed by atoms with E-state index in [9.17, 15) is 15.3 Å². The van der Waals surface area contributed by atoms with Crippen LogP contribution >= 0.6 is 0 Å². The summed E-state index contributed by atoms with van der Waals surface area (Å²) < 4.78 is 0. The van der Waals surface area contributed by atoms with Gasteiger partial charge in [0.05, 0.1) is 30.5 Å². The monoisotopic (exact) mass is 236 g/mol. The Morgan fingerprint density at radius 1 is 0.562 bits per heavy atom. The van der Waals surface area contributed by atoms with E-state index in [1.807, 2.05) is 0 Å². The molecule has 4 unspecified atom stereocenters. The zero-order valence-electron chi connectivity index (χ0n) is 9.95. The van der Waals surface area contributed by atoms with Crippen molar-refractivity contribution in [1.29, 1.82) is 0 Å². The van der Waals surface area contributed by atoms with Crippen LogP contribution in [0.3, 0.4) is 0 Å². The van der Waals surface area contributed by atoms with Crippen molar-refractivity contribution in [3.05, 3.63) is 0 Å². The van der Waals surface area contributed by atoms with Crippen LogP contribution in [0.25, 0.3) is 0 Å². The fraction of sp³-hybridized carbons (Fsp3) is 1.00. The molecule has 5 nitrogen and oxygen atoms in total. The highest BCUT2D eigenvalue weighted by Crippen LogP contribution is 2.12. The van der Waals surface area contributed by atoms with E-state index in [0.29, 0.717) is 0 Å². The highest BCUT2D eigenvalue weighted by atomic mass is 16.3. The van der Waals surface area contributed by atoms with Crippen LogP contribution in [0.2, 0.25) is 0 Å². The van der Waals surface area contributed by atoms with Gasteiger partial charge in [0.15, 0.2) is 0 Å². The van der Waals surface area contributed by atoms with E-state index in [0.717, 1.165) is 0 Å². The second-order valence-corrected chi connectivity index (χ2v) is 4.60. The molecule has 0 fully saturated rings. The molecule has 0 aliphatic carbocycles. The van der Waals surface area contributed by atoms with Gasteiger partial charge in [0.25, 0.3) is 0 Å². The Morgan fingerprint density at radius 2 is 0.812 bits per heavy atom. The summed E-state index contributed by atoms with van der Waals surface area (Å²) in [4.78, 5) is 0. The quantitative estimate of drug-likeness (QED) is 0.387. The smallest absolute Gasteiger partial charge is 0.0589 e. The Morgan fingerprint density at radius 3 is 1.06 bits per heavy atom. The van der Waals surface area contributed by atoms with Crippen LogP contribution in [0.5, 0.6) is 0 Å². The zero-order chi connectivity index (χ0) is 12.7. The Labute approximate surface area is 96.4 Å². The van der Waals surface area contributed by atoms with Crippen LogP contribution in [-0.2, 0) is 0 Å². The number of hydrogen-bond donors (Lipinski definition) is 5. The van der Waals surface area contributed by atoms with Crippen molar-refractivity contribution in [3.63, 3.8) is 0 Å².